The topological polar surface area (TPSA) is 65.4 Å². The van der Waals surface area contributed by atoms with E-state index in [9.17, 15) is 0 Å². The van der Waals surface area contributed by atoms with Gasteiger partial charge in [0.1, 0.15) is 5.75 Å². The molecule has 5 nitrogen and oxygen atoms in total. The van der Waals surface area contributed by atoms with Gasteiger partial charge in [-0.05, 0) is 36.4 Å². The van der Waals surface area contributed by atoms with Crippen LogP contribution < -0.4 is 10.5 Å². The summed E-state index contributed by atoms with van der Waals surface area (Å²) in [6, 6.07) is 13.2. The Bertz CT molecular complexity index is 696. The van der Waals surface area contributed by atoms with Crippen LogP contribution in [-0.4, -0.2) is 27.0 Å². The van der Waals surface area contributed by atoms with E-state index in [0.29, 0.717) is 6.61 Å². The van der Waals surface area contributed by atoms with Crippen LogP contribution in [0.5, 0.6) is 5.75 Å². The highest BCUT2D eigenvalue weighted by Gasteiger charge is 2.04. The van der Waals surface area contributed by atoms with Crippen molar-refractivity contribution in [1.82, 2.24) is 14.6 Å². The van der Waals surface area contributed by atoms with Crippen LogP contribution in [0, 0.1) is 0 Å². The van der Waals surface area contributed by atoms with Crippen LogP contribution in [0.15, 0.2) is 53.8 Å². The van der Waals surface area contributed by atoms with Crippen molar-refractivity contribution in [2.45, 2.75) is 5.16 Å². The highest BCUT2D eigenvalue weighted by Crippen LogP contribution is 2.17. The molecule has 0 aliphatic carbocycles. The Morgan fingerprint density at radius 3 is 2.80 bits per heavy atom. The summed E-state index contributed by atoms with van der Waals surface area (Å²) in [7, 11) is 0. The number of aromatic nitrogens is 3. The van der Waals surface area contributed by atoms with E-state index in [4.69, 9.17) is 10.5 Å². The van der Waals surface area contributed by atoms with Gasteiger partial charge in [-0.1, -0.05) is 17.8 Å². The lowest BCUT2D eigenvalue weighted by atomic mass is 10.3. The van der Waals surface area contributed by atoms with Gasteiger partial charge >= 0.3 is 0 Å². The summed E-state index contributed by atoms with van der Waals surface area (Å²) in [6.07, 6.45) is 1.96. The van der Waals surface area contributed by atoms with Crippen LogP contribution in [0.2, 0.25) is 0 Å². The van der Waals surface area contributed by atoms with Crippen molar-refractivity contribution in [3.8, 4) is 5.75 Å². The molecule has 0 fully saturated rings. The second kappa shape index (κ2) is 5.83. The van der Waals surface area contributed by atoms with E-state index < -0.39 is 0 Å². The van der Waals surface area contributed by atoms with Crippen molar-refractivity contribution in [3.63, 3.8) is 0 Å². The van der Waals surface area contributed by atoms with Crippen molar-refractivity contribution in [2.24, 2.45) is 0 Å². The van der Waals surface area contributed by atoms with Crippen molar-refractivity contribution >= 4 is 23.1 Å². The molecule has 102 valence electrons. The van der Waals surface area contributed by atoms with E-state index in [1.807, 2.05) is 53.1 Å². The standard InChI is InChI=1S/C14H14N4OS/c15-11-4-6-12(7-5-11)19-9-10-20-14-17-16-13-3-1-2-8-18(13)14/h1-8H,9-10,15H2. The highest BCUT2D eigenvalue weighted by atomic mass is 32.2. The van der Waals surface area contributed by atoms with Crippen molar-refractivity contribution < 1.29 is 4.74 Å². The average molecular weight is 286 g/mol. The summed E-state index contributed by atoms with van der Waals surface area (Å²) in [5, 5.41) is 9.13. The molecule has 0 aliphatic rings. The number of thioether (sulfide) groups is 1. The lowest BCUT2D eigenvalue weighted by Crippen LogP contribution is -2.01. The second-order valence-electron chi connectivity index (χ2n) is 4.18. The van der Waals surface area contributed by atoms with E-state index in [-0.39, 0.29) is 0 Å². The van der Waals surface area contributed by atoms with Crippen LogP contribution >= 0.6 is 11.8 Å². The van der Waals surface area contributed by atoms with Gasteiger partial charge in [-0.2, -0.15) is 0 Å². The zero-order valence-corrected chi connectivity index (χ0v) is 11.6. The van der Waals surface area contributed by atoms with Crippen LogP contribution in [0.4, 0.5) is 5.69 Å². The van der Waals surface area contributed by atoms with Crippen LogP contribution in [0.1, 0.15) is 0 Å². The predicted molar refractivity (Wildman–Crippen MR) is 80.1 cm³/mol. The summed E-state index contributed by atoms with van der Waals surface area (Å²) in [5.74, 6) is 1.63. The van der Waals surface area contributed by atoms with Crippen LogP contribution in [0.25, 0.3) is 5.65 Å². The maximum absolute atomic E-state index is 5.64. The van der Waals surface area contributed by atoms with Gasteiger partial charge in [0, 0.05) is 17.6 Å². The molecule has 0 unspecified atom stereocenters. The number of rotatable bonds is 5. The molecule has 0 saturated heterocycles. The number of benzene rings is 1. The molecule has 0 aliphatic heterocycles. The SMILES string of the molecule is Nc1ccc(OCCSc2nnc3ccccn23)cc1. The zero-order chi connectivity index (χ0) is 13.8. The van der Waals surface area contributed by atoms with E-state index in [2.05, 4.69) is 10.2 Å². The molecule has 2 heterocycles. The van der Waals surface area contributed by atoms with Gasteiger partial charge < -0.3 is 10.5 Å². The number of nitrogens with two attached hydrogens (primary N) is 1. The minimum atomic E-state index is 0.607. The minimum Gasteiger partial charge on any atom is -0.493 e. The molecule has 2 N–H and O–H groups in total. The number of nitrogens with zero attached hydrogens (tertiary/aromatic N) is 3. The molecule has 0 atom stereocenters. The fourth-order valence-electron chi connectivity index (χ4n) is 1.77. The van der Waals surface area contributed by atoms with Gasteiger partial charge in [0.25, 0.3) is 0 Å². The Morgan fingerprint density at radius 2 is 1.95 bits per heavy atom. The van der Waals surface area contributed by atoms with E-state index in [0.717, 1.165) is 28.0 Å². The predicted octanol–water partition coefficient (Wildman–Crippen LogP) is 2.48. The fraction of sp³-hybridized carbons (Fsp3) is 0.143. The average Bonchev–Trinajstić information content (AvgIpc) is 2.89. The molecule has 0 radical (unpaired) electrons. The number of hydrogen-bond acceptors (Lipinski definition) is 5. The van der Waals surface area contributed by atoms with Crippen molar-refractivity contribution in [1.29, 1.82) is 0 Å². The summed E-state index contributed by atoms with van der Waals surface area (Å²) in [5.41, 5.74) is 7.21. The first-order valence-electron chi connectivity index (χ1n) is 6.24. The molecular weight excluding hydrogens is 272 g/mol. The van der Waals surface area contributed by atoms with E-state index in [1.165, 1.54) is 0 Å². The Hall–Kier alpha value is -2.21. The maximum atomic E-state index is 5.64. The van der Waals surface area contributed by atoms with Gasteiger partial charge in [0.05, 0.1) is 6.61 Å². The number of pyridine rings is 1. The smallest absolute Gasteiger partial charge is 0.195 e. The summed E-state index contributed by atoms with van der Waals surface area (Å²) >= 11 is 1.62. The molecule has 0 bridgehead atoms. The van der Waals surface area contributed by atoms with E-state index >= 15 is 0 Å². The lowest BCUT2D eigenvalue weighted by Gasteiger charge is -2.05. The molecule has 0 saturated carbocycles. The first-order valence-corrected chi connectivity index (χ1v) is 7.22. The first-order chi connectivity index (χ1) is 9.83. The quantitative estimate of drug-likeness (QED) is 0.443. The third-order valence-corrected chi connectivity index (χ3v) is 3.65. The van der Waals surface area contributed by atoms with Crippen LogP contribution in [-0.2, 0) is 0 Å². The molecule has 1 aromatic carbocycles. The Kier molecular flexibility index (Phi) is 3.73. The summed E-state index contributed by atoms with van der Waals surface area (Å²) in [6.45, 7) is 0.607. The Morgan fingerprint density at radius 1 is 1.10 bits per heavy atom. The Balaban J connectivity index is 1.54. The molecule has 0 spiro atoms. The normalized spacial score (nSPS) is 10.8. The molecule has 3 rings (SSSR count). The van der Waals surface area contributed by atoms with Gasteiger partial charge in [0.15, 0.2) is 10.8 Å². The third-order valence-electron chi connectivity index (χ3n) is 2.75. The molecule has 2 aromatic heterocycles. The summed E-state index contributed by atoms with van der Waals surface area (Å²) < 4.78 is 7.60. The Labute approximate surface area is 120 Å². The number of nitrogen functional groups attached to an aromatic ring is 1. The molecule has 20 heavy (non-hydrogen) atoms. The third kappa shape index (κ3) is 2.85. The van der Waals surface area contributed by atoms with Gasteiger partial charge in [-0.3, -0.25) is 4.40 Å². The second-order valence-corrected chi connectivity index (χ2v) is 5.24. The molecule has 3 aromatic rings. The maximum Gasteiger partial charge on any atom is 0.195 e. The van der Waals surface area contributed by atoms with Gasteiger partial charge in [0.2, 0.25) is 0 Å². The monoisotopic (exact) mass is 286 g/mol. The van der Waals surface area contributed by atoms with Crippen LogP contribution in [0.3, 0.4) is 0 Å². The largest absolute Gasteiger partial charge is 0.493 e. The first kappa shape index (κ1) is 12.8. The molecule has 0 amide bonds. The lowest BCUT2D eigenvalue weighted by molar-refractivity contribution is 0.344. The minimum absolute atomic E-state index is 0.607. The number of fused-ring (bicyclic) bond motifs is 1. The number of hydrogen-bond donors (Lipinski definition) is 1. The number of ether oxygens (including phenoxy) is 1. The van der Waals surface area contributed by atoms with E-state index in [1.54, 1.807) is 11.8 Å². The highest BCUT2D eigenvalue weighted by molar-refractivity contribution is 7.99. The van der Waals surface area contributed by atoms with Crippen molar-refractivity contribution in [2.75, 3.05) is 18.1 Å². The zero-order valence-electron chi connectivity index (χ0n) is 10.8. The van der Waals surface area contributed by atoms with Gasteiger partial charge in [-0.25, -0.2) is 0 Å². The van der Waals surface area contributed by atoms with Gasteiger partial charge in [-0.15, -0.1) is 10.2 Å². The molecule has 6 heteroatoms. The summed E-state index contributed by atoms with van der Waals surface area (Å²) in [4.78, 5) is 0. The van der Waals surface area contributed by atoms with Crippen molar-refractivity contribution in [3.05, 3.63) is 48.7 Å². The molecular formula is C14H14N4OS. The number of anilines is 1. The fourth-order valence-corrected chi connectivity index (χ4v) is 2.52.